The molecular weight excluding hydrogens is 225 g/mol. The maximum Gasteiger partial charge on any atom is 0.341 e. The van der Waals surface area contributed by atoms with Gasteiger partial charge in [-0.25, -0.2) is 9.18 Å². The summed E-state index contributed by atoms with van der Waals surface area (Å²) in [6.45, 7) is 3.13. The minimum atomic E-state index is -1.14. The van der Waals surface area contributed by atoms with Gasteiger partial charge in [-0.15, -0.1) is 0 Å². The van der Waals surface area contributed by atoms with Crippen LogP contribution in [0.4, 0.5) is 4.39 Å². The fourth-order valence-corrected chi connectivity index (χ4v) is 1.56. The van der Waals surface area contributed by atoms with Gasteiger partial charge >= 0.3 is 5.97 Å². The Balaban J connectivity index is 2.60. The standard InChI is InChI=1S/C12H10FNO3/c1-6-3-4-8(5-9(6)13)11-10(12(15)16)7(2)17-14-11/h3-5H,1-2H3,(H,15,16). The van der Waals surface area contributed by atoms with E-state index in [4.69, 9.17) is 9.63 Å². The summed E-state index contributed by atoms with van der Waals surface area (Å²) >= 11 is 0. The van der Waals surface area contributed by atoms with Gasteiger partial charge in [0.2, 0.25) is 0 Å². The van der Waals surface area contributed by atoms with Crippen LogP contribution in [0, 0.1) is 19.7 Å². The molecule has 17 heavy (non-hydrogen) atoms. The highest BCUT2D eigenvalue weighted by Gasteiger charge is 2.21. The van der Waals surface area contributed by atoms with Crippen molar-refractivity contribution in [2.75, 3.05) is 0 Å². The Kier molecular flexibility index (Phi) is 2.67. The number of aromatic carboxylic acids is 1. The Labute approximate surface area is 96.7 Å². The van der Waals surface area contributed by atoms with Crippen molar-refractivity contribution in [2.45, 2.75) is 13.8 Å². The molecule has 2 aromatic rings. The highest BCUT2D eigenvalue weighted by Crippen LogP contribution is 2.26. The summed E-state index contributed by atoms with van der Waals surface area (Å²) in [4.78, 5) is 11.0. The molecule has 0 saturated heterocycles. The van der Waals surface area contributed by atoms with Gasteiger partial charge in [-0.2, -0.15) is 0 Å². The van der Waals surface area contributed by atoms with Gasteiger partial charge in [0, 0.05) is 5.56 Å². The number of aryl methyl sites for hydroxylation is 2. The second-order valence-corrected chi connectivity index (χ2v) is 3.73. The maximum absolute atomic E-state index is 13.4. The Morgan fingerprint density at radius 3 is 2.71 bits per heavy atom. The molecule has 1 aromatic carbocycles. The fourth-order valence-electron chi connectivity index (χ4n) is 1.56. The molecule has 5 heteroatoms. The first-order chi connectivity index (χ1) is 8.00. The zero-order valence-electron chi connectivity index (χ0n) is 9.32. The third kappa shape index (κ3) is 1.91. The predicted octanol–water partition coefficient (Wildman–Crippen LogP) is 2.80. The number of nitrogens with zero attached hydrogens (tertiary/aromatic N) is 1. The minimum absolute atomic E-state index is 0.0340. The zero-order chi connectivity index (χ0) is 12.6. The quantitative estimate of drug-likeness (QED) is 0.869. The van der Waals surface area contributed by atoms with Gasteiger partial charge in [-0.1, -0.05) is 17.3 Å². The van der Waals surface area contributed by atoms with Crippen molar-refractivity contribution in [2.24, 2.45) is 0 Å². The minimum Gasteiger partial charge on any atom is -0.477 e. The van der Waals surface area contributed by atoms with Crippen LogP contribution in [-0.4, -0.2) is 16.2 Å². The topological polar surface area (TPSA) is 63.3 Å². The molecule has 88 valence electrons. The summed E-state index contributed by atoms with van der Waals surface area (Å²) in [7, 11) is 0. The zero-order valence-corrected chi connectivity index (χ0v) is 9.32. The second-order valence-electron chi connectivity index (χ2n) is 3.73. The van der Waals surface area contributed by atoms with Crippen LogP contribution in [0.25, 0.3) is 11.3 Å². The van der Waals surface area contributed by atoms with Crippen molar-refractivity contribution < 1.29 is 18.8 Å². The van der Waals surface area contributed by atoms with Crippen LogP contribution in [0.3, 0.4) is 0 Å². The van der Waals surface area contributed by atoms with Crippen molar-refractivity contribution in [3.8, 4) is 11.3 Å². The lowest BCUT2D eigenvalue weighted by Gasteiger charge is -2.00. The van der Waals surface area contributed by atoms with Crippen LogP contribution in [-0.2, 0) is 0 Å². The fraction of sp³-hybridized carbons (Fsp3) is 0.167. The summed E-state index contributed by atoms with van der Waals surface area (Å²) in [6, 6.07) is 4.43. The smallest absolute Gasteiger partial charge is 0.341 e. The molecule has 2 rings (SSSR count). The number of carboxylic acids is 1. The maximum atomic E-state index is 13.4. The van der Waals surface area contributed by atoms with E-state index in [1.54, 1.807) is 19.1 Å². The van der Waals surface area contributed by atoms with E-state index >= 15 is 0 Å². The van der Waals surface area contributed by atoms with Gasteiger partial charge < -0.3 is 9.63 Å². The molecule has 0 bridgehead atoms. The molecule has 0 saturated carbocycles. The van der Waals surface area contributed by atoms with Crippen LogP contribution in [0.2, 0.25) is 0 Å². The number of benzene rings is 1. The van der Waals surface area contributed by atoms with Gasteiger partial charge in [0.25, 0.3) is 0 Å². The van der Waals surface area contributed by atoms with E-state index in [-0.39, 0.29) is 17.0 Å². The summed E-state index contributed by atoms with van der Waals surface area (Å²) < 4.78 is 18.2. The van der Waals surface area contributed by atoms with Crippen LogP contribution in [0.1, 0.15) is 21.7 Å². The molecule has 0 aliphatic carbocycles. The van der Waals surface area contributed by atoms with E-state index in [1.165, 1.54) is 13.0 Å². The molecule has 1 heterocycles. The second kappa shape index (κ2) is 4.01. The number of aromatic nitrogens is 1. The molecule has 0 aliphatic rings. The molecular formula is C12H10FNO3. The number of hydrogen-bond acceptors (Lipinski definition) is 3. The molecule has 0 spiro atoms. The van der Waals surface area contributed by atoms with Gasteiger partial charge in [0.1, 0.15) is 22.8 Å². The lowest BCUT2D eigenvalue weighted by atomic mass is 10.0. The van der Waals surface area contributed by atoms with Crippen molar-refractivity contribution in [3.63, 3.8) is 0 Å². The van der Waals surface area contributed by atoms with E-state index < -0.39 is 11.8 Å². The molecule has 1 aromatic heterocycles. The highest BCUT2D eigenvalue weighted by atomic mass is 19.1. The van der Waals surface area contributed by atoms with E-state index in [0.29, 0.717) is 11.1 Å². The Morgan fingerprint density at radius 1 is 1.41 bits per heavy atom. The van der Waals surface area contributed by atoms with Gasteiger partial charge in [0.15, 0.2) is 0 Å². The van der Waals surface area contributed by atoms with Crippen LogP contribution >= 0.6 is 0 Å². The molecule has 0 amide bonds. The Morgan fingerprint density at radius 2 is 2.12 bits per heavy atom. The Hall–Kier alpha value is -2.17. The number of hydrogen-bond donors (Lipinski definition) is 1. The van der Waals surface area contributed by atoms with Crippen LogP contribution < -0.4 is 0 Å². The Bertz CT molecular complexity index is 589. The van der Waals surface area contributed by atoms with E-state index in [0.717, 1.165) is 0 Å². The first kappa shape index (κ1) is 11.3. The molecule has 4 nitrogen and oxygen atoms in total. The van der Waals surface area contributed by atoms with Gasteiger partial charge in [0.05, 0.1) is 0 Å². The largest absolute Gasteiger partial charge is 0.477 e. The summed E-state index contributed by atoms with van der Waals surface area (Å²) in [5, 5.41) is 12.7. The molecule has 0 fully saturated rings. The lowest BCUT2D eigenvalue weighted by Crippen LogP contribution is -1.99. The van der Waals surface area contributed by atoms with E-state index in [9.17, 15) is 9.18 Å². The van der Waals surface area contributed by atoms with E-state index in [2.05, 4.69) is 5.16 Å². The van der Waals surface area contributed by atoms with Gasteiger partial charge in [-0.05, 0) is 25.5 Å². The molecule has 0 radical (unpaired) electrons. The summed E-state index contributed by atoms with van der Waals surface area (Å²) in [5.41, 5.74) is 0.996. The van der Waals surface area contributed by atoms with Gasteiger partial charge in [-0.3, -0.25) is 0 Å². The van der Waals surface area contributed by atoms with Crippen molar-refractivity contribution in [3.05, 3.63) is 40.9 Å². The van der Waals surface area contributed by atoms with Crippen molar-refractivity contribution >= 4 is 5.97 Å². The van der Waals surface area contributed by atoms with Crippen molar-refractivity contribution in [1.82, 2.24) is 5.16 Å². The predicted molar refractivity (Wildman–Crippen MR) is 58.3 cm³/mol. The SMILES string of the molecule is Cc1ccc(-c2noc(C)c2C(=O)O)cc1F. The lowest BCUT2D eigenvalue weighted by molar-refractivity contribution is 0.0696. The van der Waals surface area contributed by atoms with Crippen LogP contribution in [0.5, 0.6) is 0 Å². The average Bonchev–Trinajstić information content (AvgIpc) is 2.64. The van der Waals surface area contributed by atoms with Crippen molar-refractivity contribution in [1.29, 1.82) is 0 Å². The van der Waals surface area contributed by atoms with Crippen LogP contribution in [0.15, 0.2) is 22.7 Å². The number of halogens is 1. The first-order valence-electron chi connectivity index (χ1n) is 4.97. The average molecular weight is 235 g/mol. The highest BCUT2D eigenvalue weighted by molar-refractivity contribution is 5.95. The molecule has 0 atom stereocenters. The normalized spacial score (nSPS) is 10.5. The third-order valence-corrected chi connectivity index (χ3v) is 2.52. The summed E-state index contributed by atoms with van der Waals surface area (Å²) in [5.74, 6) is -1.34. The number of carboxylic acid groups (broad SMARTS) is 1. The number of rotatable bonds is 2. The number of carbonyl (C=O) groups is 1. The molecule has 1 N–H and O–H groups in total. The summed E-state index contributed by atoms with van der Waals surface area (Å²) in [6.07, 6.45) is 0. The molecule has 0 aliphatic heterocycles. The first-order valence-corrected chi connectivity index (χ1v) is 4.97. The molecule has 0 unspecified atom stereocenters. The van der Waals surface area contributed by atoms with E-state index in [1.807, 2.05) is 0 Å². The monoisotopic (exact) mass is 235 g/mol. The third-order valence-electron chi connectivity index (χ3n) is 2.52.